The molecule has 0 aliphatic carbocycles. The molecule has 0 spiro atoms. The predicted molar refractivity (Wildman–Crippen MR) is 79.8 cm³/mol. The lowest BCUT2D eigenvalue weighted by atomic mass is 10.2. The van der Waals surface area contributed by atoms with E-state index in [-0.39, 0.29) is 17.0 Å². The third-order valence-electron chi connectivity index (χ3n) is 2.51. The highest BCUT2D eigenvalue weighted by Crippen LogP contribution is 2.27. The molecule has 98 valence electrons. The highest BCUT2D eigenvalue weighted by Gasteiger charge is 2.08. The lowest BCUT2D eigenvalue weighted by molar-refractivity contribution is 0.415. The molecule has 3 rings (SSSR count). The lowest BCUT2D eigenvalue weighted by Crippen LogP contribution is -1.83. The van der Waals surface area contributed by atoms with Crippen molar-refractivity contribution in [2.24, 2.45) is 0 Å². The summed E-state index contributed by atoms with van der Waals surface area (Å²) in [5, 5.41) is 9.45. The summed E-state index contributed by atoms with van der Waals surface area (Å²) in [6, 6.07) is 7.81. The fraction of sp³-hybridized carbons (Fsp3) is 0.0833. The Morgan fingerprint density at radius 3 is 2.63 bits per heavy atom. The van der Waals surface area contributed by atoms with Gasteiger partial charge in [-0.2, -0.15) is 5.10 Å². The van der Waals surface area contributed by atoms with Gasteiger partial charge in [-0.25, -0.2) is 9.97 Å². The third-order valence-corrected chi connectivity index (χ3v) is 3.36. The maximum absolute atomic E-state index is 5.13. The van der Waals surface area contributed by atoms with E-state index >= 15 is 0 Å². The first-order valence-corrected chi connectivity index (χ1v) is 6.20. The van der Waals surface area contributed by atoms with Gasteiger partial charge in [0.1, 0.15) is 12.1 Å². The van der Waals surface area contributed by atoms with Gasteiger partial charge in [0.05, 0.1) is 12.8 Å². The van der Waals surface area contributed by atoms with Gasteiger partial charge >= 0.3 is 0 Å². The second kappa shape index (κ2) is 5.94. The van der Waals surface area contributed by atoms with E-state index in [4.69, 9.17) is 4.74 Å². The van der Waals surface area contributed by atoms with Crippen molar-refractivity contribution >= 4 is 28.3 Å². The number of H-pyrrole nitrogens is 1. The number of hydrogen-bond acceptors (Lipinski definition) is 5. The van der Waals surface area contributed by atoms with Gasteiger partial charge in [0, 0.05) is 10.9 Å². The summed E-state index contributed by atoms with van der Waals surface area (Å²) in [7, 11) is 1.65. The normalized spacial score (nSPS) is 9.95. The molecule has 0 radical (unpaired) electrons. The van der Waals surface area contributed by atoms with E-state index in [1.807, 2.05) is 29.6 Å². The van der Waals surface area contributed by atoms with Gasteiger partial charge in [-0.3, -0.25) is 5.10 Å². The predicted octanol–water partition coefficient (Wildman–Crippen LogP) is 3.18. The van der Waals surface area contributed by atoms with Crippen LogP contribution in [0.5, 0.6) is 5.75 Å². The fourth-order valence-electron chi connectivity index (χ4n) is 1.59. The van der Waals surface area contributed by atoms with Crippen molar-refractivity contribution in [3.05, 3.63) is 36.0 Å². The second-order valence-corrected chi connectivity index (χ2v) is 4.46. The molecule has 0 saturated carbocycles. The molecule has 0 unspecified atom stereocenters. The molecule has 0 atom stereocenters. The summed E-state index contributed by atoms with van der Waals surface area (Å²) >= 11 is 1.54. The Kier molecular flexibility index (Phi) is 4.28. The van der Waals surface area contributed by atoms with Crippen LogP contribution >= 0.6 is 28.3 Å². The molecule has 19 heavy (non-hydrogen) atoms. The van der Waals surface area contributed by atoms with Crippen LogP contribution in [0.15, 0.2) is 36.0 Å². The van der Waals surface area contributed by atoms with E-state index in [0.29, 0.717) is 5.82 Å². The molecular formula is C12H11BrN4OS. The van der Waals surface area contributed by atoms with Crippen LogP contribution in [0.3, 0.4) is 0 Å². The van der Waals surface area contributed by atoms with Gasteiger partial charge in [0.2, 0.25) is 0 Å². The van der Waals surface area contributed by atoms with Crippen LogP contribution in [0.4, 0.5) is 0 Å². The molecular weight excluding hydrogens is 328 g/mol. The van der Waals surface area contributed by atoms with Crippen molar-refractivity contribution in [1.82, 2.24) is 20.2 Å². The zero-order valence-corrected chi connectivity index (χ0v) is 12.6. The molecule has 2 aromatic heterocycles. The number of benzene rings is 1. The molecule has 7 heteroatoms. The molecule has 0 bridgehead atoms. The van der Waals surface area contributed by atoms with Crippen LogP contribution in [0, 0.1) is 0 Å². The average molecular weight is 339 g/mol. The van der Waals surface area contributed by atoms with Crippen molar-refractivity contribution in [2.75, 3.05) is 7.11 Å². The van der Waals surface area contributed by atoms with Crippen LogP contribution in [0.2, 0.25) is 0 Å². The highest BCUT2D eigenvalue weighted by molar-refractivity contribution is 8.93. The number of thiazole rings is 1. The zero-order chi connectivity index (χ0) is 12.4. The third kappa shape index (κ3) is 2.82. The SMILES string of the molecule is Br.COc1ccc(-c2csc(-c3ncn[nH]3)n2)cc1. The summed E-state index contributed by atoms with van der Waals surface area (Å²) in [4.78, 5) is 8.60. The number of aromatic nitrogens is 4. The molecule has 5 nitrogen and oxygen atoms in total. The quantitative estimate of drug-likeness (QED) is 0.796. The van der Waals surface area contributed by atoms with Crippen LogP contribution in [0.1, 0.15) is 0 Å². The van der Waals surface area contributed by atoms with Crippen molar-refractivity contribution < 1.29 is 4.74 Å². The van der Waals surface area contributed by atoms with Gasteiger partial charge < -0.3 is 4.74 Å². The van der Waals surface area contributed by atoms with Gasteiger partial charge in [0.25, 0.3) is 0 Å². The van der Waals surface area contributed by atoms with Crippen LogP contribution in [-0.4, -0.2) is 27.3 Å². The highest BCUT2D eigenvalue weighted by atomic mass is 79.9. The van der Waals surface area contributed by atoms with Gasteiger partial charge in [0.15, 0.2) is 10.8 Å². The largest absolute Gasteiger partial charge is 0.497 e. The van der Waals surface area contributed by atoms with Gasteiger partial charge in [-0.05, 0) is 24.3 Å². The van der Waals surface area contributed by atoms with E-state index in [2.05, 4.69) is 20.2 Å². The Hall–Kier alpha value is -1.73. The van der Waals surface area contributed by atoms with Gasteiger partial charge in [-0.1, -0.05) is 0 Å². The Bertz CT molecular complexity index is 636. The van der Waals surface area contributed by atoms with Crippen molar-refractivity contribution in [3.63, 3.8) is 0 Å². The summed E-state index contributed by atoms with van der Waals surface area (Å²) in [6.45, 7) is 0. The van der Waals surface area contributed by atoms with Gasteiger partial charge in [-0.15, -0.1) is 28.3 Å². The first kappa shape index (κ1) is 13.7. The minimum Gasteiger partial charge on any atom is -0.497 e. The molecule has 2 heterocycles. The molecule has 0 aliphatic heterocycles. The number of halogens is 1. The summed E-state index contributed by atoms with van der Waals surface area (Å²) in [6.07, 6.45) is 1.48. The monoisotopic (exact) mass is 338 g/mol. The lowest BCUT2D eigenvalue weighted by Gasteiger charge is -2.00. The Balaban J connectivity index is 0.00000133. The molecule has 0 fully saturated rings. The smallest absolute Gasteiger partial charge is 0.184 e. The van der Waals surface area contributed by atoms with E-state index in [1.165, 1.54) is 17.7 Å². The second-order valence-electron chi connectivity index (χ2n) is 3.60. The van der Waals surface area contributed by atoms with Crippen LogP contribution in [0.25, 0.3) is 22.1 Å². The number of hydrogen-bond donors (Lipinski definition) is 1. The number of ether oxygens (including phenoxy) is 1. The first-order valence-electron chi connectivity index (χ1n) is 5.32. The standard InChI is InChI=1S/C12H10N4OS.BrH/c1-17-9-4-2-8(3-5-9)10-6-18-12(15-10)11-13-7-14-16-11;/h2-7H,1H3,(H,13,14,16);1H. The molecule has 0 saturated heterocycles. The van der Waals surface area contributed by atoms with E-state index in [0.717, 1.165) is 22.0 Å². The van der Waals surface area contributed by atoms with Crippen molar-refractivity contribution in [2.45, 2.75) is 0 Å². The first-order chi connectivity index (χ1) is 8.86. The number of nitrogens with zero attached hydrogens (tertiary/aromatic N) is 3. The zero-order valence-electron chi connectivity index (χ0n) is 10.0. The molecule has 0 aliphatic rings. The molecule has 0 amide bonds. The van der Waals surface area contributed by atoms with Crippen LogP contribution in [-0.2, 0) is 0 Å². The fourth-order valence-corrected chi connectivity index (χ4v) is 2.36. The van der Waals surface area contributed by atoms with E-state index < -0.39 is 0 Å². The van der Waals surface area contributed by atoms with E-state index in [1.54, 1.807) is 7.11 Å². The van der Waals surface area contributed by atoms with E-state index in [9.17, 15) is 0 Å². The van der Waals surface area contributed by atoms with Crippen molar-refractivity contribution in [1.29, 1.82) is 0 Å². The summed E-state index contributed by atoms with van der Waals surface area (Å²) in [5.74, 6) is 1.53. The average Bonchev–Trinajstić information content (AvgIpc) is 3.09. The van der Waals surface area contributed by atoms with Crippen molar-refractivity contribution in [3.8, 4) is 27.8 Å². The number of aromatic amines is 1. The molecule has 1 aromatic carbocycles. The minimum absolute atomic E-state index is 0. The number of nitrogens with one attached hydrogen (secondary N) is 1. The maximum atomic E-state index is 5.13. The minimum atomic E-state index is 0. The number of methoxy groups -OCH3 is 1. The maximum Gasteiger partial charge on any atom is 0.184 e. The summed E-state index contributed by atoms with van der Waals surface area (Å²) in [5.41, 5.74) is 1.98. The Morgan fingerprint density at radius 1 is 1.21 bits per heavy atom. The Morgan fingerprint density at radius 2 is 2.00 bits per heavy atom. The topological polar surface area (TPSA) is 63.7 Å². The van der Waals surface area contributed by atoms with Crippen LogP contribution < -0.4 is 4.74 Å². The number of rotatable bonds is 3. The summed E-state index contributed by atoms with van der Waals surface area (Å²) < 4.78 is 5.13. The molecule has 1 N–H and O–H groups in total. The molecule has 3 aromatic rings. The Labute approximate surface area is 124 Å².